The Labute approximate surface area is 152 Å². The maximum atomic E-state index is 12.9. The van der Waals surface area contributed by atoms with Crippen molar-refractivity contribution in [3.05, 3.63) is 65.2 Å². The highest BCUT2D eigenvalue weighted by atomic mass is 16.5. The Balaban J connectivity index is 1.72. The number of ether oxygens (including phenoxy) is 1. The monoisotopic (exact) mass is 353 g/mol. The molecule has 0 unspecified atom stereocenters. The Morgan fingerprint density at radius 2 is 1.85 bits per heavy atom. The molecule has 3 rings (SSSR count). The fraction of sp³-hybridized carbons (Fsp3) is 0.300. The van der Waals surface area contributed by atoms with Gasteiger partial charge in [-0.05, 0) is 48.2 Å². The topological polar surface area (TPSA) is 84.7 Å². The van der Waals surface area contributed by atoms with Crippen molar-refractivity contribution >= 4 is 11.9 Å². The van der Waals surface area contributed by atoms with E-state index in [4.69, 9.17) is 10.5 Å². The highest BCUT2D eigenvalue weighted by molar-refractivity contribution is 5.94. The number of amides is 3. The molecule has 2 aromatic carbocycles. The standard InChI is InChI=1S/C20H23N3O3/c1-26-17-10-8-15(9-11-17)18-3-2-12-23(18)19(24)16-6-4-14(5-7-16)13-22-20(21)25/h4-11,18H,2-3,12-13H2,1H3,(H3,21,22,25)/t18-/m1/s1. The van der Waals surface area contributed by atoms with Gasteiger partial charge in [0.1, 0.15) is 5.75 Å². The molecule has 2 aromatic rings. The van der Waals surface area contributed by atoms with Crippen LogP contribution in [-0.2, 0) is 6.54 Å². The van der Waals surface area contributed by atoms with Crippen LogP contribution < -0.4 is 15.8 Å². The van der Waals surface area contributed by atoms with E-state index in [1.165, 1.54) is 0 Å². The van der Waals surface area contributed by atoms with Gasteiger partial charge in [0.2, 0.25) is 0 Å². The number of nitrogens with zero attached hydrogens (tertiary/aromatic N) is 1. The van der Waals surface area contributed by atoms with Crippen LogP contribution in [0.25, 0.3) is 0 Å². The maximum Gasteiger partial charge on any atom is 0.312 e. The summed E-state index contributed by atoms with van der Waals surface area (Å²) in [6.07, 6.45) is 1.95. The quantitative estimate of drug-likeness (QED) is 0.867. The molecule has 1 heterocycles. The summed E-state index contributed by atoms with van der Waals surface area (Å²) in [6.45, 7) is 1.10. The molecule has 1 aliphatic rings. The van der Waals surface area contributed by atoms with Crippen molar-refractivity contribution in [2.45, 2.75) is 25.4 Å². The van der Waals surface area contributed by atoms with Gasteiger partial charge < -0.3 is 20.7 Å². The van der Waals surface area contributed by atoms with Crippen molar-refractivity contribution in [3.8, 4) is 5.75 Å². The van der Waals surface area contributed by atoms with Crippen molar-refractivity contribution in [1.29, 1.82) is 0 Å². The summed E-state index contributed by atoms with van der Waals surface area (Å²) in [4.78, 5) is 25.6. The number of rotatable bonds is 5. The van der Waals surface area contributed by atoms with Crippen molar-refractivity contribution in [1.82, 2.24) is 10.2 Å². The summed E-state index contributed by atoms with van der Waals surface area (Å²) in [5.41, 5.74) is 7.74. The normalized spacial score (nSPS) is 16.3. The number of nitrogens with one attached hydrogen (secondary N) is 1. The zero-order chi connectivity index (χ0) is 18.5. The van der Waals surface area contributed by atoms with E-state index >= 15 is 0 Å². The first-order valence-corrected chi connectivity index (χ1v) is 8.65. The number of benzene rings is 2. The number of hydrogen-bond acceptors (Lipinski definition) is 3. The Morgan fingerprint density at radius 1 is 1.15 bits per heavy atom. The Bertz CT molecular complexity index is 772. The number of methoxy groups -OCH3 is 1. The van der Waals surface area contributed by atoms with E-state index in [1.807, 2.05) is 41.3 Å². The summed E-state index contributed by atoms with van der Waals surface area (Å²) in [5.74, 6) is 0.836. The number of likely N-dealkylation sites (tertiary alicyclic amines) is 1. The predicted molar refractivity (Wildman–Crippen MR) is 98.9 cm³/mol. The first-order chi connectivity index (χ1) is 12.6. The third-order valence-electron chi connectivity index (χ3n) is 4.68. The van der Waals surface area contributed by atoms with Crippen LogP contribution in [0.2, 0.25) is 0 Å². The van der Waals surface area contributed by atoms with Crippen LogP contribution >= 0.6 is 0 Å². The van der Waals surface area contributed by atoms with Gasteiger partial charge >= 0.3 is 6.03 Å². The fourth-order valence-corrected chi connectivity index (χ4v) is 3.30. The average Bonchev–Trinajstić information content (AvgIpc) is 3.16. The highest BCUT2D eigenvalue weighted by Crippen LogP contribution is 2.33. The SMILES string of the molecule is COc1ccc([C@H]2CCCN2C(=O)c2ccc(CNC(N)=O)cc2)cc1. The molecule has 6 heteroatoms. The molecule has 0 radical (unpaired) electrons. The van der Waals surface area contributed by atoms with Gasteiger partial charge in [0.15, 0.2) is 0 Å². The van der Waals surface area contributed by atoms with Crippen LogP contribution in [-0.4, -0.2) is 30.5 Å². The number of nitrogens with two attached hydrogens (primary N) is 1. The van der Waals surface area contributed by atoms with Crippen molar-refractivity contribution in [2.75, 3.05) is 13.7 Å². The van der Waals surface area contributed by atoms with E-state index < -0.39 is 6.03 Å². The van der Waals surface area contributed by atoms with Gasteiger partial charge in [-0.25, -0.2) is 4.79 Å². The molecule has 0 aromatic heterocycles. The summed E-state index contributed by atoms with van der Waals surface area (Å²) >= 11 is 0. The number of primary amides is 1. The molecule has 0 spiro atoms. The van der Waals surface area contributed by atoms with Gasteiger partial charge in [-0.15, -0.1) is 0 Å². The molecule has 0 bridgehead atoms. The van der Waals surface area contributed by atoms with Gasteiger partial charge in [0, 0.05) is 18.7 Å². The second-order valence-corrected chi connectivity index (χ2v) is 6.34. The van der Waals surface area contributed by atoms with Gasteiger partial charge in [-0.1, -0.05) is 24.3 Å². The largest absolute Gasteiger partial charge is 0.497 e. The van der Waals surface area contributed by atoms with Crippen LogP contribution in [0, 0.1) is 0 Å². The second kappa shape index (κ2) is 7.91. The lowest BCUT2D eigenvalue weighted by Crippen LogP contribution is -2.30. The van der Waals surface area contributed by atoms with Crippen LogP contribution in [0.5, 0.6) is 5.75 Å². The van der Waals surface area contributed by atoms with E-state index in [0.717, 1.165) is 36.3 Å². The van der Waals surface area contributed by atoms with E-state index in [-0.39, 0.29) is 11.9 Å². The number of hydrogen-bond donors (Lipinski definition) is 2. The van der Waals surface area contributed by atoms with E-state index in [1.54, 1.807) is 19.2 Å². The summed E-state index contributed by atoms with van der Waals surface area (Å²) in [7, 11) is 1.64. The average molecular weight is 353 g/mol. The molecule has 0 aliphatic carbocycles. The third-order valence-corrected chi connectivity index (χ3v) is 4.68. The molecule has 3 amide bonds. The first-order valence-electron chi connectivity index (χ1n) is 8.65. The van der Waals surface area contributed by atoms with E-state index in [0.29, 0.717) is 12.1 Å². The maximum absolute atomic E-state index is 12.9. The van der Waals surface area contributed by atoms with Gasteiger partial charge in [0.25, 0.3) is 5.91 Å². The molecular formula is C20H23N3O3. The molecule has 3 N–H and O–H groups in total. The molecule has 0 saturated carbocycles. The van der Waals surface area contributed by atoms with Gasteiger partial charge in [0.05, 0.1) is 13.2 Å². The Hall–Kier alpha value is -3.02. The van der Waals surface area contributed by atoms with Crippen molar-refractivity contribution in [2.24, 2.45) is 5.73 Å². The zero-order valence-corrected chi connectivity index (χ0v) is 14.8. The number of urea groups is 1. The summed E-state index contributed by atoms with van der Waals surface area (Å²) in [5, 5.41) is 2.54. The minimum absolute atomic E-state index is 0.0257. The lowest BCUT2D eigenvalue weighted by atomic mass is 10.0. The number of carbonyl (C=O) groups is 2. The van der Waals surface area contributed by atoms with Crippen LogP contribution in [0.15, 0.2) is 48.5 Å². The van der Waals surface area contributed by atoms with Crippen LogP contribution in [0.1, 0.15) is 40.4 Å². The Morgan fingerprint density at radius 3 is 2.46 bits per heavy atom. The molecule has 1 saturated heterocycles. The summed E-state index contributed by atoms with van der Waals surface area (Å²) in [6, 6.07) is 14.7. The minimum atomic E-state index is -0.565. The van der Waals surface area contributed by atoms with Gasteiger partial charge in [-0.3, -0.25) is 4.79 Å². The predicted octanol–water partition coefficient (Wildman–Crippen LogP) is 2.84. The molecule has 26 heavy (non-hydrogen) atoms. The molecule has 1 atom stereocenters. The number of carbonyl (C=O) groups excluding carboxylic acids is 2. The third kappa shape index (κ3) is 3.96. The lowest BCUT2D eigenvalue weighted by Gasteiger charge is -2.25. The molecule has 1 fully saturated rings. The molecule has 6 nitrogen and oxygen atoms in total. The van der Waals surface area contributed by atoms with Crippen LogP contribution in [0.3, 0.4) is 0 Å². The van der Waals surface area contributed by atoms with E-state index in [9.17, 15) is 9.59 Å². The smallest absolute Gasteiger partial charge is 0.312 e. The molecule has 136 valence electrons. The second-order valence-electron chi connectivity index (χ2n) is 6.34. The minimum Gasteiger partial charge on any atom is -0.497 e. The first kappa shape index (κ1) is 17.8. The van der Waals surface area contributed by atoms with Crippen LogP contribution in [0.4, 0.5) is 4.79 Å². The molecular weight excluding hydrogens is 330 g/mol. The van der Waals surface area contributed by atoms with E-state index in [2.05, 4.69) is 5.32 Å². The van der Waals surface area contributed by atoms with Gasteiger partial charge in [-0.2, -0.15) is 0 Å². The molecule has 1 aliphatic heterocycles. The lowest BCUT2D eigenvalue weighted by molar-refractivity contribution is 0.0735. The Kier molecular flexibility index (Phi) is 5.41. The summed E-state index contributed by atoms with van der Waals surface area (Å²) < 4.78 is 5.21. The fourth-order valence-electron chi connectivity index (χ4n) is 3.30. The van der Waals surface area contributed by atoms with Crippen molar-refractivity contribution < 1.29 is 14.3 Å². The zero-order valence-electron chi connectivity index (χ0n) is 14.8. The van der Waals surface area contributed by atoms with Crippen molar-refractivity contribution in [3.63, 3.8) is 0 Å². The highest BCUT2D eigenvalue weighted by Gasteiger charge is 2.30.